The molecule has 1 fully saturated rings. The lowest BCUT2D eigenvalue weighted by molar-refractivity contribution is -0.135. The number of aromatic nitrogens is 2. The quantitative estimate of drug-likeness (QED) is 0.842. The maximum atomic E-state index is 11.8. The van der Waals surface area contributed by atoms with E-state index in [1.165, 1.54) is 5.69 Å². The van der Waals surface area contributed by atoms with E-state index in [1.807, 2.05) is 17.4 Å². The minimum absolute atomic E-state index is 0.118. The van der Waals surface area contributed by atoms with Crippen LogP contribution in [0.15, 0.2) is 12.5 Å². The van der Waals surface area contributed by atoms with Crippen molar-refractivity contribution in [2.45, 2.75) is 25.4 Å². The molecule has 0 aliphatic carbocycles. The molecule has 3 heterocycles. The minimum Gasteiger partial charge on any atom is -0.369 e. The van der Waals surface area contributed by atoms with Crippen LogP contribution in [0.3, 0.4) is 0 Å². The van der Waals surface area contributed by atoms with E-state index in [0.717, 1.165) is 39.0 Å². The van der Waals surface area contributed by atoms with Gasteiger partial charge in [0.05, 0.1) is 24.7 Å². The molecule has 1 N–H and O–H groups in total. The molecule has 6 nitrogen and oxygen atoms in total. The first-order valence-corrected chi connectivity index (χ1v) is 6.91. The molecular weight excluding hydrogens is 244 g/mol. The van der Waals surface area contributed by atoms with Gasteiger partial charge in [0.2, 0.25) is 5.91 Å². The highest BCUT2D eigenvalue weighted by atomic mass is 16.5. The predicted molar refractivity (Wildman–Crippen MR) is 69.6 cm³/mol. The van der Waals surface area contributed by atoms with Crippen LogP contribution in [0.25, 0.3) is 0 Å². The topological polar surface area (TPSA) is 59.4 Å². The van der Waals surface area contributed by atoms with Gasteiger partial charge in [-0.3, -0.25) is 4.79 Å². The lowest BCUT2D eigenvalue weighted by Gasteiger charge is -2.26. The van der Waals surface area contributed by atoms with Gasteiger partial charge in [-0.15, -0.1) is 0 Å². The fourth-order valence-corrected chi connectivity index (χ4v) is 2.74. The molecule has 3 rings (SSSR count). The first-order chi connectivity index (χ1) is 9.34. The van der Waals surface area contributed by atoms with Gasteiger partial charge in [-0.2, -0.15) is 0 Å². The molecule has 0 spiro atoms. The van der Waals surface area contributed by atoms with Crippen LogP contribution in [-0.4, -0.2) is 53.2 Å². The third-order valence-electron chi connectivity index (χ3n) is 3.82. The molecule has 0 aromatic carbocycles. The van der Waals surface area contributed by atoms with Gasteiger partial charge in [0.1, 0.15) is 6.61 Å². The summed E-state index contributed by atoms with van der Waals surface area (Å²) in [7, 11) is 0. The Labute approximate surface area is 112 Å². The molecule has 0 bridgehead atoms. The Morgan fingerprint density at radius 2 is 2.32 bits per heavy atom. The summed E-state index contributed by atoms with van der Waals surface area (Å²) < 4.78 is 7.73. The normalized spacial score (nSPS) is 22.5. The maximum absolute atomic E-state index is 11.8. The highest BCUT2D eigenvalue weighted by molar-refractivity contribution is 5.77. The SMILES string of the molecule is O=C(COC[C@@H]1CNCc2cncn21)N1CCCC1. The van der Waals surface area contributed by atoms with E-state index in [0.29, 0.717) is 6.61 Å². The van der Waals surface area contributed by atoms with Crippen LogP contribution in [0, 0.1) is 0 Å². The third kappa shape index (κ3) is 2.79. The van der Waals surface area contributed by atoms with Crippen molar-refractivity contribution in [3.63, 3.8) is 0 Å². The number of nitrogens with zero attached hydrogens (tertiary/aromatic N) is 3. The average molecular weight is 264 g/mol. The van der Waals surface area contributed by atoms with Crippen LogP contribution in [0.4, 0.5) is 0 Å². The first kappa shape index (κ1) is 12.6. The van der Waals surface area contributed by atoms with Gasteiger partial charge in [0.15, 0.2) is 0 Å². The van der Waals surface area contributed by atoms with E-state index in [4.69, 9.17) is 4.74 Å². The van der Waals surface area contributed by atoms with Crippen LogP contribution in [0.2, 0.25) is 0 Å². The number of ether oxygens (including phenoxy) is 1. The van der Waals surface area contributed by atoms with Crippen LogP contribution >= 0.6 is 0 Å². The Morgan fingerprint density at radius 1 is 1.47 bits per heavy atom. The first-order valence-electron chi connectivity index (χ1n) is 6.91. The van der Waals surface area contributed by atoms with Crippen molar-refractivity contribution in [2.24, 2.45) is 0 Å². The zero-order valence-corrected chi connectivity index (χ0v) is 11.0. The fourth-order valence-electron chi connectivity index (χ4n) is 2.74. The number of fused-ring (bicyclic) bond motifs is 1. The van der Waals surface area contributed by atoms with E-state index in [-0.39, 0.29) is 18.6 Å². The van der Waals surface area contributed by atoms with Gasteiger partial charge >= 0.3 is 0 Å². The summed E-state index contributed by atoms with van der Waals surface area (Å²) in [5.41, 5.74) is 1.17. The summed E-state index contributed by atoms with van der Waals surface area (Å²) in [6.45, 7) is 4.23. The van der Waals surface area contributed by atoms with Gasteiger partial charge in [0, 0.05) is 32.4 Å². The Morgan fingerprint density at radius 3 is 3.16 bits per heavy atom. The second-order valence-electron chi connectivity index (χ2n) is 5.18. The number of nitrogens with one attached hydrogen (secondary N) is 1. The summed E-state index contributed by atoms with van der Waals surface area (Å²) >= 11 is 0. The monoisotopic (exact) mass is 264 g/mol. The molecular formula is C13H20N4O2. The van der Waals surface area contributed by atoms with Gasteiger partial charge in [-0.1, -0.05) is 0 Å². The highest BCUT2D eigenvalue weighted by Gasteiger charge is 2.21. The molecule has 104 valence electrons. The highest BCUT2D eigenvalue weighted by Crippen LogP contribution is 2.15. The molecule has 1 atom stereocenters. The minimum atomic E-state index is 0.118. The van der Waals surface area contributed by atoms with E-state index in [9.17, 15) is 4.79 Å². The van der Waals surface area contributed by atoms with Crippen molar-refractivity contribution in [3.05, 3.63) is 18.2 Å². The van der Waals surface area contributed by atoms with Crippen LogP contribution in [0.5, 0.6) is 0 Å². The Kier molecular flexibility index (Phi) is 3.79. The molecule has 1 amide bonds. The lowest BCUT2D eigenvalue weighted by Crippen LogP contribution is -2.36. The van der Waals surface area contributed by atoms with Crippen molar-refractivity contribution in [1.82, 2.24) is 19.8 Å². The van der Waals surface area contributed by atoms with Gasteiger partial charge in [0.25, 0.3) is 0 Å². The standard InChI is InChI=1S/C13H20N4O2/c18-13(16-3-1-2-4-16)9-19-8-12-7-14-5-11-6-15-10-17(11)12/h6,10,12,14H,1-5,7-9H2/t12-/m0/s1. The largest absolute Gasteiger partial charge is 0.369 e. The Hall–Kier alpha value is -1.40. The van der Waals surface area contributed by atoms with Crippen molar-refractivity contribution >= 4 is 5.91 Å². The average Bonchev–Trinajstić information content (AvgIpc) is 3.10. The predicted octanol–water partition coefficient (Wildman–Crippen LogP) is 0.166. The molecule has 19 heavy (non-hydrogen) atoms. The fraction of sp³-hybridized carbons (Fsp3) is 0.692. The number of hydrogen-bond acceptors (Lipinski definition) is 4. The number of imidazole rings is 1. The molecule has 0 unspecified atom stereocenters. The molecule has 2 aliphatic heterocycles. The third-order valence-corrected chi connectivity index (χ3v) is 3.82. The summed E-state index contributed by atoms with van der Waals surface area (Å²) in [5.74, 6) is 0.118. The molecule has 1 aromatic heterocycles. The summed E-state index contributed by atoms with van der Waals surface area (Å²) in [6, 6.07) is 0.234. The molecule has 0 radical (unpaired) electrons. The van der Waals surface area contributed by atoms with Gasteiger partial charge < -0.3 is 19.5 Å². The number of hydrogen-bond donors (Lipinski definition) is 1. The number of carbonyl (C=O) groups is 1. The molecule has 1 saturated heterocycles. The zero-order valence-electron chi connectivity index (χ0n) is 11.0. The van der Waals surface area contributed by atoms with Crippen LogP contribution in [0.1, 0.15) is 24.6 Å². The maximum Gasteiger partial charge on any atom is 0.248 e. The Balaban J connectivity index is 1.47. The van der Waals surface area contributed by atoms with Crippen molar-refractivity contribution in [1.29, 1.82) is 0 Å². The molecule has 1 aromatic rings. The van der Waals surface area contributed by atoms with Crippen molar-refractivity contribution in [3.8, 4) is 0 Å². The lowest BCUT2D eigenvalue weighted by atomic mass is 10.2. The summed E-state index contributed by atoms with van der Waals surface area (Å²) in [4.78, 5) is 17.9. The van der Waals surface area contributed by atoms with Gasteiger partial charge in [-0.25, -0.2) is 4.98 Å². The molecule has 2 aliphatic rings. The van der Waals surface area contributed by atoms with E-state index in [2.05, 4.69) is 14.9 Å². The summed E-state index contributed by atoms with van der Waals surface area (Å²) in [5, 5.41) is 3.33. The summed E-state index contributed by atoms with van der Waals surface area (Å²) in [6.07, 6.45) is 5.95. The molecule has 0 saturated carbocycles. The number of carbonyl (C=O) groups excluding carboxylic acids is 1. The molecule has 6 heteroatoms. The zero-order chi connectivity index (χ0) is 13.1. The number of likely N-dealkylation sites (tertiary alicyclic amines) is 1. The number of amides is 1. The van der Waals surface area contributed by atoms with Crippen molar-refractivity contribution in [2.75, 3.05) is 32.8 Å². The van der Waals surface area contributed by atoms with Crippen molar-refractivity contribution < 1.29 is 9.53 Å². The van der Waals surface area contributed by atoms with E-state index < -0.39 is 0 Å². The van der Waals surface area contributed by atoms with Crippen LogP contribution in [-0.2, 0) is 16.1 Å². The smallest absolute Gasteiger partial charge is 0.248 e. The van der Waals surface area contributed by atoms with E-state index in [1.54, 1.807) is 0 Å². The second-order valence-corrected chi connectivity index (χ2v) is 5.18. The second kappa shape index (κ2) is 5.71. The number of rotatable bonds is 4. The Bertz CT molecular complexity index is 440. The van der Waals surface area contributed by atoms with Gasteiger partial charge in [-0.05, 0) is 12.8 Å². The van der Waals surface area contributed by atoms with Crippen LogP contribution < -0.4 is 5.32 Å². The van der Waals surface area contributed by atoms with E-state index >= 15 is 0 Å².